The lowest BCUT2D eigenvalue weighted by Crippen LogP contribution is -2.42. The summed E-state index contributed by atoms with van der Waals surface area (Å²) in [5, 5.41) is 0. The number of hydrogen-bond acceptors (Lipinski definition) is 5. The Kier molecular flexibility index (Phi) is 5.13. The van der Waals surface area contributed by atoms with Crippen molar-refractivity contribution in [2.75, 3.05) is 20.3 Å². The minimum absolute atomic E-state index is 0.104. The Balaban J connectivity index is 2.19. The van der Waals surface area contributed by atoms with Gasteiger partial charge in [-0.2, -0.15) is 0 Å². The zero-order chi connectivity index (χ0) is 17.0. The number of methoxy groups -OCH3 is 1. The highest BCUT2D eigenvalue weighted by molar-refractivity contribution is 5.92. The van der Waals surface area contributed by atoms with Gasteiger partial charge in [0.1, 0.15) is 5.60 Å². The third-order valence-corrected chi connectivity index (χ3v) is 3.34. The number of ether oxygens (including phenoxy) is 3. The SMILES string of the molecule is COc1ccc2cc1OCCC(=O)N(C(=O)OC(C)(C)C)CC2. The zero-order valence-electron chi connectivity index (χ0n) is 14.0. The van der Waals surface area contributed by atoms with Crippen molar-refractivity contribution >= 4 is 12.0 Å². The summed E-state index contributed by atoms with van der Waals surface area (Å²) in [6.45, 7) is 5.78. The fourth-order valence-electron chi connectivity index (χ4n) is 2.25. The number of imide groups is 1. The molecule has 0 fully saturated rings. The van der Waals surface area contributed by atoms with Gasteiger partial charge in [-0.3, -0.25) is 4.79 Å². The number of carbonyl (C=O) groups excluding carboxylic acids is 2. The van der Waals surface area contributed by atoms with Crippen LogP contribution in [0.2, 0.25) is 0 Å². The van der Waals surface area contributed by atoms with Crippen molar-refractivity contribution in [2.45, 2.75) is 39.2 Å². The number of benzene rings is 1. The Labute approximate surface area is 136 Å². The summed E-state index contributed by atoms with van der Waals surface area (Å²) in [6, 6.07) is 5.60. The fraction of sp³-hybridized carbons (Fsp3) is 0.529. The average Bonchev–Trinajstić information content (AvgIpc) is 2.45. The molecule has 126 valence electrons. The molecular formula is C17H23NO5. The predicted octanol–water partition coefficient (Wildman–Crippen LogP) is 2.78. The number of fused-ring (bicyclic) bond motifs is 2. The van der Waals surface area contributed by atoms with E-state index in [4.69, 9.17) is 14.2 Å². The molecule has 1 aromatic carbocycles. The van der Waals surface area contributed by atoms with Gasteiger partial charge in [0.2, 0.25) is 5.91 Å². The Morgan fingerprint density at radius 3 is 2.65 bits per heavy atom. The molecule has 23 heavy (non-hydrogen) atoms. The van der Waals surface area contributed by atoms with Crippen LogP contribution in [0.3, 0.4) is 0 Å². The molecular weight excluding hydrogens is 298 g/mol. The molecule has 2 amide bonds. The van der Waals surface area contributed by atoms with E-state index in [0.717, 1.165) is 10.5 Å². The molecule has 0 saturated heterocycles. The molecule has 1 aliphatic heterocycles. The van der Waals surface area contributed by atoms with Gasteiger partial charge in [0.25, 0.3) is 0 Å². The van der Waals surface area contributed by atoms with Gasteiger partial charge in [0, 0.05) is 6.54 Å². The van der Waals surface area contributed by atoms with E-state index in [1.807, 2.05) is 18.2 Å². The Hall–Kier alpha value is -2.24. The van der Waals surface area contributed by atoms with Gasteiger partial charge in [0.05, 0.1) is 20.1 Å². The molecule has 2 bridgehead atoms. The van der Waals surface area contributed by atoms with E-state index in [2.05, 4.69) is 0 Å². The summed E-state index contributed by atoms with van der Waals surface area (Å²) in [6.07, 6.45) is 0.0228. The largest absolute Gasteiger partial charge is 0.493 e. The van der Waals surface area contributed by atoms with E-state index in [9.17, 15) is 9.59 Å². The van der Waals surface area contributed by atoms with Gasteiger partial charge in [-0.25, -0.2) is 9.69 Å². The molecule has 6 nitrogen and oxygen atoms in total. The van der Waals surface area contributed by atoms with Crippen molar-refractivity contribution in [1.82, 2.24) is 4.90 Å². The molecule has 0 unspecified atom stereocenters. The number of rotatable bonds is 1. The highest BCUT2D eigenvalue weighted by atomic mass is 16.6. The Morgan fingerprint density at radius 1 is 1.26 bits per heavy atom. The van der Waals surface area contributed by atoms with Crippen molar-refractivity contribution in [2.24, 2.45) is 0 Å². The summed E-state index contributed by atoms with van der Waals surface area (Å²) in [5.74, 6) is 0.942. The van der Waals surface area contributed by atoms with Gasteiger partial charge >= 0.3 is 6.09 Å². The number of amides is 2. The van der Waals surface area contributed by atoms with Crippen molar-refractivity contribution in [1.29, 1.82) is 0 Å². The molecule has 2 rings (SSSR count). The van der Waals surface area contributed by atoms with Crippen LogP contribution in [0.4, 0.5) is 4.79 Å². The Morgan fingerprint density at radius 2 is 2.00 bits per heavy atom. The first kappa shape index (κ1) is 17.1. The minimum atomic E-state index is -0.642. The van der Waals surface area contributed by atoms with Crippen LogP contribution in [0, 0.1) is 0 Å². The normalized spacial score (nSPS) is 15.7. The minimum Gasteiger partial charge on any atom is -0.493 e. The fourth-order valence-corrected chi connectivity index (χ4v) is 2.25. The smallest absolute Gasteiger partial charge is 0.417 e. The third-order valence-electron chi connectivity index (χ3n) is 3.34. The van der Waals surface area contributed by atoms with Crippen molar-refractivity contribution < 1.29 is 23.8 Å². The number of hydrogen-bond donors (Lipinski definition) is 0. The molecule has 0 spiro atoms. The van der Waals surface area contributed by atoms with Crippen LogP contribution < -0.4 is 9.47 Å². The van der Waals surface area contributed by atoms with E-state index < -0.39 is 11.7 Å². The van der Waals surface area contributed by atoms with Gasteiger partial charge in [-0.1, -0.05) is 6.07 Å². The lowest BCUT2D eigenvalue weighted by Gasteiger charge is -2.27. The zero-order valence-corrected chi connectivity index (χ0v) is 14.0. The summed E-state index contributed by atoms with van der Waals surface area (Å²) < 4.78 is 16.2. The molecule has 0 aromatic heterocycles. The lowest BCUT2D eigenvalue weighted by molar-refractivity contribution is -0.130. The summed E-state index contributed by atoms with van der Waals surface area (Å²) in [5.41, 5.74) is 0.320. The molecule has 1 heterocycles. The van der Waals surface area contributed by atoms with Gasteiger partial charge in [-0.15, -0.1) is 0 Å². The maximum Gasteiger partial charge on any atom is 0.417 e. The van der Waals surface area contributed by atoms with Gasteiger partial charge in [-0.05, 0) is 44.9 Å². The first-order chi connectivity index (χ1) is 10.8. The summed E-state index contributed by atoms with van der Waals surface area (Å²) >= 11 is 0. The number of nitrogens with zero attached hydrogens (tertiary/aromatic N) is 1. The van der Waals surface area contributed by atoms with Crippen LogP contribution in [0.1, 0.15) is 32.8 Å². The van der Waals surface area contributed by atoms with E-state index >= 15 is 0 Å². The first-order valence-electron chi connectivity index (χ1n) is 7.63. The van der Waals surface area contributed by atoms with Crippen LogP contribution >= 0.6 is 0 Å². The third kappa shape index (κ3) is 4.61. The quantitative estimate of drug-likeness (QED) is 0.796. The molecule has 1 aromatic rings. The lowest BCUT2D eigenvalue weighted by atomic mass is 10.1. The molecule has 0 aliphatic carbocycles. The van der Waals surface area contributed by atoms with Crippen LogP contribution in [0.5, 0.6) is 11.5 Å². The average molecular weight is 321 g/mol. The van der Waals surface area contributed by atoms with Gasteiger partial charge in [0.15, 0.2) is 11.5 Å². The standard InChI is InChI=1S/C17H23NO5/c1-17(2,3)23-16(20)18-9-7-12-5-6-13(21-4)14(11-12)22-10-8-15(18)19/h5-6,11H,7-10H2,1-4H3. The molecule has 6 heteroatoms. The van der Waals surface area contributed by atoms with Gasteiger partial charge < -0.3 is 14.2 Å². The second-order valence-electron chi connectivity index (χ2n) is 6.36. The summed E-state index contributed by atoms with van der Waals surface area (Å²) in [4.78, 5) is 25.7. The van der Waals surface area contributed by atoms with E-state index in [0.29, 0.717) is 17.9 Å². The summed E-state index contributed by atoms with van der Waals surface area (Å²) in [7, 11) is 1.57. The molecule has 0 N–H and O–H groups in total. The Bertz CT molecular complexity index is 591. The maximum absolute atomic E-state index is 12.3. The monoisotopic (exact) mass is 321 g/mol. The van der Waals surface area contributed by atoms with E-state index in [-0.39, 0.29) is 25.5 Å². The molecule has 0 radical (unpaired) electrons. The second kappa shape index (κ2) is 6.89. The van der Waals surface area contributed by atoms with Crippen molar-refractivity contribution in [3.8, 4) is 11.5 Å². The van der Waals surface area contributed by atoms with E-state index in [1.165, 1.54) is 0 Å². The topological polar surface area (TPSA) is 65.1 Å². The van der Waals surface area contributed by atoms with Crippen LogP contribution in [0.15, 0.2) is 18.2 Å². The second-order valence-corrected chi connectivity index (χ2v) is 6.36. The van der Waals surface area contributed by atoms with Crippen LogP contribution in [-0.4, -0.2) is 42.8 Å². The predicted molar refractivity (Wildman–Crippen MR) is 84.8 cm³/mol. The van der Waals surface area contributed by atoms with Crippen LogP contribution in [0.25, 0.3) is 0 Å². The van der Waals surface area contributed by atoms with Crippen molar-refractivity contribution in [3.63, 3.8) is 0 Å². The highest BCUT2D eigenvalue weighted by Crippen LogP contribution is 2.29. The van der Waals surface area contributed by atoms with Crippen molar-refractivity contribution in [3.05, 3.63) is 23.8 Å². The highest BCUT2D eigenvalue weighted by Gasteiger charge is 2.27. The molecule has 0 atom stereocenters. The first-order valence-corrected chi connectivity index (χ1v) is 7.63. The molecule has 1 aliphatic rings. The van der Waals surface area contributed by atoms with E-state index in [1.54, 1.807) is 27.9 Å². The van der Waals surface area contributed by atoms with Crippen LogP contribution in [-0.2, 0) is 16.0 Å². The number of carbonyl (C=O) groups is 2. The maximum atomic E-state index is 12.3. The molecule has 0 saturated carbocycles.